The van der Waals surface area contributed by atoms with E-state index in [1.165, 1.54) is 102 Å². The van der Waals surface area contributed by atoms with Gasteiger partial charge >= 0.3 is 99.2 Å². The van der Waals surface area contributed by atoms with E-state index in [4.69, 9.17) is 0 Å². The maximum absolute atomic E-state index is 3.50. The van der Waals surface area contributed by atoms with Crippen LogP contribution in [0.25, 0.3) is 21.5 Å². The van der Waals surface area contributed by atoms with Crippen LogP contribution in [0.4, 0.5) is 0 Å². The van der Waals surface area contributed by atoms with Gasteiger partial charge in [-0.15, -0.1) is 39.7 Å². The van der Waals surface area contributed by atoms with Crippen LogP contribution in [-0.4, -0.2) is 3.21 Å². The van der Waals surface area contributed by atoms with Crippen LogP contribution in [0.15, 0.2) is 121 Å². The number of allylic oxidation sites excluding steroid dienone is 4. The van der Waals surface area contributed by atoms with Crippen molar-refractivity contribution in [3.8, 4) is 0 Å². The van der Waals surface area contributed by atoms with E-state index in [2.05, 4.69) is 149 Å². The zero-order valence-corrected chi connectivity index (χ0v) is 30.5. The summed E-state index contributed by atoms with van der Waals surface area (Å²) in [6.45, 7) is 8.86. The second-order valence-corrected chi connectivity index (χ2v) is 12.2. The summed E-state index contributed by atoms with van der Waals surface area (Å²) in [5, 5.41) is 5.54. The van der Waals surface area contributed by atoms with Gasteiger partial charge in [0.05, 0.1) is 0 Å². The normalized spacial score (nSPS) is 13.1. The van der Waals surface area contributed by atoms with E-state index in [-0.39, 0.29) is 24.8 Å². The van der Waals surface area contributed by atoms with Crippen molar-refractivity contribution in [1.82, 2.24) is 0 Å². The third kappa shape index (κ3) is 10.6. The monoisotopic (exact) mass is 696 g/mol. The van der Waals surface area contributed by atoms with Crippen molar-refractivity contribution in [3.05, 3.63) is 149 Å². The Kier molecular flexibility index (Phi) is 17.0. The second kappa shape index (κ2) is 19.8. The van der Waals surface area contributed by atoms with E-state index in [9.17, 15) is 0 Å². The first-order valence-corrected chi connectivity index (χ1v) is 16.9. The molecule has 5 aromatic carbocycles. The molecule has 3 heteroatoms. The molecule has 228 valence electrons. The molecule has 0 bridgehead atoms. The van der Waals surface area contributed by atoms with Gasteiger partial charge in [0.15, 0.2) is 0 Å². The van der Waals surface area contributed by atoms with E-state index < -0.39 is 0 Å². The summed E-state index contributed by atoms with van der Waals surface area (Å²) in [4.78, 5) is 0. The molecule has 1 aliphatic carbocycles. The summed E-state index contributed by atoms with van der Waals surface area (Å²) in [6.07, 6.45) is 15.2. The zero-order valence-electron chi connectivity index (χ0n) is 26.5. The zero-order chi connectivity index (χ0) is 29.7. The molecule has 0 heterocycles. The summed E-state index contributed by atoms with van der Waals surface area (Å²) in [5.74, 6) is 0.626. The van der Waals surface area contributed by atoms with Gasteiger partial charge in [-0.3, -0.25) is 6.08 Å². The second-order valence-electron chi connectivity index (χ2n) is 11.0. The summed E-state index contributed by atoms with van der Waals surface area (Å²) in [6, 6.07) is 37.1. The molecule has 0 fully saturated rings. The average Bonchev–Trinajstić information content (AvgIpc) is 3.65. The standard InChI is InChI=1S/C17H17.C13H10.C11H17.2ClH.Zr/c1-3-12-5-7-16-14(9-12)11-15-10-13(4-2)6-8-17(15)16;1-3-7-12(8-4-1)11-13-9-5-2-6-10-13;1-3-5-10-7-8-11(9-10)6-4-2;;;/h5-11H,3-4H2,1-2H3;1-10H;7-8,10H,3-6H2,1-2H3;2*1H;/q-1;;-1;;;+2/p-2. The van der Waals surface area contributed by atoms with Crippen LogP contribution >= 0.6 is 0 Å². The maximum atomic E-state index is 3.50. The summed E-state index contributed by atoms with van der Waals surface area (Å²) < 4.78 is 1.42. The van der Waals surface area contributed by atoms with Crippen LogP contribution < -0.4 is 24.8 Å². The quantitative estimate of drug-likeness (QED) is 0.197. The average molecular weight is 699 g/mol. The molecular formula is C41H44Cl2Zr-2. The number of rotatable bonds is 8. The van der Waals surface area contributed by atoms with Gasteiger partial charge in [0.25, 0.3) is 0 Å². The first-order chi connectivity index (χ1) is 20.6. The minimum absolute atomic E-state index is 0. The van der Waals surface area contributed by atoms with Crippen LogP contribution in [0.2, 0.25) is 0 Å². The van der Waals surface area contributed by atoms with E-state index in [1.807, 2.05) is 0 Å². The number of benzene rings is 4. The van der Waals surface area contributed by atoms with Crippen molar-refractivity contribution >= 4 is 24.8 Å². The molecule has 0 nitrogen and oxygen atoms in total. The Labute approximate surface area is 293 Å². The predicted molar refractivity (Wildman–Crippen MR) is 181 cm³/mol. The number of hydrogen-bond acceptors (Lipinski definition) is 0. The fourth-order valence-electron chi connectivity index (χ4n) is 5.41. The van der Waals surface area contributed by atoms with E-state index in [0.717, 1.165) is 12.8 Å². The molecule has 5 aromatic rings. The van der Waals surface area contributed by atoms with E-state index >= 15 is 0 Å². The third-order valence-electron chi connectivity index (χ3n) is 7.79. The van der Waals surface area contributed by atoms with Gasteiger partial charge in [0.2, 0.25) is 0 Å². The van der Waals surface area contributed by atoms with Crippen molar-refractivity contribution in [2.75, 3.05) is 0 Å². The summed E-state index contributed by atoms with van der Waals surface area (Å²) >= 11 is 1.46. The molecule has 0 saturated heterocycles. The van der Waals surface area contributed by atoms with Gasteiger partial charge in [0, 0.05) is 0 Å². The first kappa shape index (κ1) is 37.7. The SMILES string of the molecule is CCCC1=[C-]C(CCC)C=C1.CCc1ccc2c(c1)[cH-]c1cc(CC)ccc12.[Cl-].[Cl-].[Zr+2]=[C](c1ccccc1)c1ccccc1. The van der Waals surface area contributed by atoms with Crippen LogP contribution in [-0.2, 0) is 37.1 Å². The molecule has 0 radical (unpaired) electrons. The van der Waals surface area contributed by atoms with Gasteiger partial charge in [-0.25, -0.2) is 11.6 Å². The Balaban J connectivity index is 0.000000231. The molecule has 1 aliphatic rings. The molecule has 0 spiro atoms. The molecule has 0 aliphatic heterocycles. The fraction of sp³-hybridized carbons (Fsp3) is 0.268. The molecule has 6 rings (SSSR count). The Hall–Kier alpha value is -2.44. The van der Waals surface area contributed by atoms with Crippen LogP contribution in [0.1, 0.15) is 75.6 Å². The molecular weight excluding hydrogens is 655 g/mol. The minimum atomic E-state index is 0. The number of halogens is 2. The van der Waals surface area contributed by atoms with Crippen molar-refractivity contribution in [1.29, 1.82) is 0 Å². The molecule has 0 N–H and O–H groups in total. The van der Waals surface area contributed by atoms with E-state index in [1.54, 1.807) is 0 Å². The van der Waals surface area contributed by atoms with Gasteiger partial charge in [-0.05, 0) is 12.8 Å². The Morgan fingerprint density at radius 2 is 1.18 bits per heavy atom. The summed E-state index contributed by atoms with van der Waals surface area (Å²) in [5.41, 5.74) is 6.92. The Morgan fingerprint density at radius 3 is 1.61 bits per heavy atom. The molecule has 0 amide bonds. The van der Waals surface area contributed by atoms with Crippen molar-refractivity contribution in [2.45, 2.75) is 66.2 Å². The predicted octanol–water partition coefficient (Wildman–Crippen LogP) is 5.15. The van der Waals surface area contributed by atoms with Crippen LogP contribution in [0.3, 0.4) is 0 Å². The number of aryl methyl sites for hydroxylation is 2. The van der Waals surface area contributed by atoms with Gasteiger partial charge in [-0.1, -0.05) is 94.7 Å². The Bertz CT molecular complexity index is 1530. The fourth-order valence-corrected chi connectivity index (χ4v) is 6.23. The van der Waals surface area contributed by atoms with Crippen molar-refractivity contribution < 1.29 is 49.0 Å². The van der Waals surface area contributed by atoms with Crippen molar-refractivity contribution in [3.63, 3.8) is 0 Å². The topological polar surface area (TPSA) is 0 Å². The van der Waals surface area contributed by atoms with E-state index in [0.29, 0.717) is 5.92 Å². The molecule has 1 atom stereocenters. The Morgan fingerprint density at radius 1 is 0.682 bits per heavy atom. The first-order valence-electron chi connectivity index (χ1n) is 15.7. The number of hydrogen-bond donors (Lipinski definition) is 0. The van der Waals surface area contributed by atoms with Crippen LogP contribution in [0.5, 0.6) is 0 Å². The van der Waals surface area contributed by atoms with Gasteiger partial charge in [-0.2, -0.15) is 6.08 Å². The van der Waals surface area contributed by atoms with Crippen LogP contribution in [0, 0.1) is 12.0 Å². The molecule has 0 saturated carbocycles. The van der Waals surface area contributed by atoms with Crippen molar-refractivity contribution in [2.24, 2.45) is 5.92 Å². The molecule has 44 heavy (non-hydrogen) atoms. The molecule has 1 unspecified atom stereocenters. The molecule has 0 aromatic heterocycles. The summed E-state index contributed by atoms with van der Waals surface area (Å²) in [7, 11) is 0. The van der Waals surface area contributed by atoms with Gasteiger partial charge < -0.3 is 24.8 Å². The number of fused-ring (bicyclic) bond motifs is 3. The van der Waals surface area contributed by atoms with Gasteiger partial charge in [0.1, 0.15) is 0 Å². The third-order valence-corrected chi connectivity index (χ3v) is 9.21.